The van der Waals surface area contributed by atoms with Crippen LogP contribution in [0.5, 0.6) is 0 Å². The van der Waals surface area contributed by atoms with Crippen molar-refractivity contribution in [3.05, 3.63) is 35.9 Å². The van der Waals surface area contributed by atoms with Gasteiger partial charge in [-0.1, -0.05) is 30.3 Å². The molecule has 2 atom stereocenters. The summed E-state index contributed by atoms with van der Waals surface area (Å²) in [6.07, 6.45) is 0.514. The molecule has 0 aliphatic carbocycles. The van der Waals surface area contributed by atoms with E-state index in [0.29, 0.717) is 26.1 Å². The van der Waals surface area contributed by atoms with E-state index in [1.165, 1.54) is 4.31 Å². The lowest BCUT2D eigenvalue weighted by molar-refractivity contribution is 0.199. The maximum Gasteiger partial charge on any atom is 0.214 e. The molecule has 20 heavy (non-hydrogen) atoms. The molecule has 2 N–H and O–H groups in total. The predicted octanol–water partition coefficient (Wildman–Crippen LogP) is 0.779. The van der Waals surface area contributed by atoms with Crippen molar-refractivity contribution in [3.63, 3.8) is 0 Å². The van der Waals surface area contributed by atoms with Gasteiger partial charge in [0.05, 0.1) is 5.75 Å². The number of methoxy groups -OCH3 is 1. The molecule has 2 rings (SSSR count). The fourth-order valence-corrected chi connectivity index (χ4v) is 4.11. The van der Waals surface area contributed by atoms with Crippen LogP contribution in [0.4, 0.5) is 0 Å². The lowest BCUT2D eigenvalue weighted by Gasteiger charge is -2.16. The van der Waals surface area contributed by atoms with Gasteiger partial charge in [-0.15, -0.1) is 0 Å². The quantitative estimate of drug-likeness (QED) is 0.788. The monoisotopic (exact) mass is 298 g/mol. The van der Waals surface area contributed by atoms with Crippen LogP contribution in [0.25, 0.3) is 0 Å². The second-order valence-electron chi connectivity index (χ2n) is 5.16. The Balaban J connectivity index is 2.03. The Labute approximate surface area is 120 Å². The van der Waals surface area contributed by atoms with Crippen molar-refractivity contribution in [2.24, 2.45) is 5.73 Å². The molecule has 1 saturated heterocycles. The van der Waals surface area contributed by atoms with E-state index < -0.39 is 10.0 Å². The zero-order valence-corrected chi connectivity index (χ0v) is 12.6. The molecule has 1 fully saturated rings. The lowest BCUT2D eigenvalue weighted by atomic mass is 9.95. The highest BCUT2D eigenvalue weighted by Crippen LogP contribution is 2.28. The summed E-state index contributed by atoms with van der Waals surface area (Å²) in [5.41, 5.74) is 7.23. The highest BCUT2D eigenvalue weighted by molar-refractivity contribution is 7.89. The van der Waals surface area contributed by atoms with Gasteiger partial charge < -0.3 is 10.5 Å². The van der Waals surface area contributed by atoms with E-state index in [4.69, 9.17) is 10.5 Å². The first kappa shape index (κ1) is 15.4. The average Bonchev–Trinajstić information content (AvgIpc) is 2.83. The summed E-state index contributed by atoms with van der Waals surface area (Å²) in [5, 5.41) is 0. The molecule has 1 aromatic rings. The van der Waals surface area contributed by atoms with Gasteiger partial charge in [0.1, 0.15) is 0 Å². The summed E-state index contributed by atoms with van der Waals surface area (Å²) in [6.45, 7) is 1.33. The van der Waals surface area contributed by atoms with Crippen molar-refractivity contribution >= 4 is 10.0 Å². The zero-order chi connectivity index (χ0) is 14.6. The molecule has 0 unspecified atom stereocenters. The molecule has 0 bridgehead atoms. The van der Waals surface area contributed by atoms with Crippen LogP contribution in [-0.2, 0) is 14.8 Å². The normalized spacial score (nSPS) is 24.1. The topological polar surface area (TPSA) is 72.6 Å². The molecule has 0 amide bonds. The van der Waals surface area contributed by atoms with Gasteiger partial charge in [0, 0.05) is 38.8 Å². The summed E-state index contributed by atoms with van der Waals surface area (Å²) in [7, 11) is -1.66. The average molecular weight is 298 g/mol. The van der Waals surface area contributed by atoms with Crippen LogP contribution in [0.1, 0.15) is 17.9 Å². The van der Waals surface area contributed by atoms with E-state index in [0.717, 1.165) is 5.56 Å². The van der Waals surface area contributed by atoms with Crippen LogP contribution >= 0.6 is 0 Å². The van der Waals surface area contributed by atoms with Crippen molar-refractivity contribution < 1.29 is 13.2 Å². The summed E-state index contributed by atoms with van der Waals surface area (Å²) >= 11 is 0. The Morgan fingerprint density at radius 2 is 2.00 bits per heavy atom. The molecule has 1 aliphatic rings. The smallest absolute Gasteiger partial charge is 0.214 e. The number of hydrogen-bond donors (Lipinski definition) is 1. The number of nitrogens with zero attached hydrogens (tertiary/aromatic N) is 1. The van der Waals surface area contributed by atoms with Crippen LogP contribution in [-0.4, -0.2) is 51.3 Å². The maximum atomic E-state index is 12.2. The summed E-state index contributed by atoms with van der Waals surface area (Å²) in [5.74, 6) is 0.197. The molecule has 112 valence electrons. The number of nitrogens with two attached hydrogens (primary N) is 1. The zero-order valence-electron chi connectivity index (χ0n) is 11.7. The van der Waals surface area contributed by atoms with Gasteiger partial charge in [-0.3, -0.25) is 0 Å². The van der Waals surface area contributed by atoms with Gasteiger partial charge in [0.2, 0.25) is 10.0 Å². The van der Waals surface area contributed by atoms with Crippen LogP contribution in [0, 0.1) is 0 Å². The van der Waals surface area contributed by atoms with Crippen LogP contribution < -0.4 is 5.73 Å². The molecule has 1 heterocycles. The highest BCUT2D eigenvalue weighted by atomic mass is 32.2. The minimum Gasteiger partial charge on any atom is -0.385 e. The Kier molecular flexibility index (Phi) is 5.15. The molecule has 0 saturated carbocycles. The van der Waals surface area contributed by atoms with Gasteiger partial charge in [0.25, 0.3) is 0 Å². The van der Waals surface area contributed by atoms with Crippen molar-refractivity contribution in [1.29, 1.82) is 0 Å². The van der Waals surface area contributed by atoms with E-state index in [2.05, 4.69) is 0 Å². The molecule has 1 aromatic carbocycles. The third-order valence-corrected chi connectivity index (χ3v) is 5.59. The largest absolute Gasteiger partial charge is 0.385 e. The Morgan fingerprint density at radius 3 is 2.65 bits per heavy atom. The molecule has 0 spiro atoms. The fourth-order valence-electron chi connectivity index (χ4n) is 2.59. The molecule has 1 aliphatic heterocycles. The van der Waals surface area contributed by atoms with E-state index in [-0.39, 0.29) is 17.7 Å². The van der Waals surface area contributed by atoms with Crippen molar-refractivity contribution in [2.45, 2.75) is 18.4 Å². The summed E-state index contributed by atoms with van der Waals surface area (Å²) in [4.78, 5) is 0. The number of rotatable bonds is 6. The van der Waals surface area contributed by atoms with Crippen molar-refractivity contribution in [3.8, 4) is 0 Å². The van der Waals surface area contributed by atoms with Gasteiger partial charge in [-0.2, -0.15) is 4.31 Å². The fraction of sp³-hybridized carbons (Fsp3) is 0.571. The first-order valence-electron chi connectivity index (χ1n) is 6.82. The van der Waals surface area contributed by atoms with E-state index in [1.54, 1.807) is 7.11 Å². The highest BCUT2D eigenvalue weighted by Gasteiger charge is 2.37. The van der Waals surface area contributed by atoms with Crippen LogP contribution in [0.3, 0.4) is 0 Å². The predicted molar refractivity (Wildman–Crippen MR) is 79.0 cm³/mol. The molecular formula is C14H22N2O3S. The standard InChI is InChI=1S/C14H22N2O3S/c1-19-8-5-9-20(17,18)16-10-13(14(15)11-16)12-6-3-2-4-7-12/h2-4,6-7,13-14H,5,8-11,15H2,1H3/t13-,14+/m0/s1. The summed E-state index contributed by atoms with van der Waals surface area (Å²) in [6, 6.07) is 9.73. The van der Waals surface area contributed by atoms with Gasteiger partial charge in [-0.05, 0) is 12.0 Å². The van der Waals surface area contributed by atoms with Gasteiger partial charge in [0.15, 0.2) is 0 Å². The first-order valence-corrected chi connectivity index (χ1v) is 8.43. The van der Waals surface area contributed by atoms with Crippen molar-refractivity contribution in [1.82, 2.24) is 4.31 Å². The summed E-state index contributed by atoms with van der Waals surface area (Å²) < 4.78 is 30.9. The lowest BCUT2D eigenvalue weighted by Crippen LogP contribution is -2.34. The molecule has 5 nitrogen and oxygen atoms in total. The molecule has 0 aromatic heterocycles. The number of hydrogen-bond acceptors (Lipinski definition) is 4. The van der Waals surface area contributed by atoms with Crippen LogP contribution in [0.15, 0.2) is 30.3 Å². The molecule has 6 heteroatoms. The van der Waals surface area contributed by atoms with Crippen LogP contribution in [0.2, 0.25) is 0 Å². The Morgan fingerprint density at radius 1 is 1.30 bits per heavy atom. The van der Waals surface area contributed by atoms with Gasteiger partial charge >= 0.3 is 0 Å². The second kappa shape index (κ2) is 6.67. The number of sulfonamides is 1. The maximum absolute atomic E-state index is 12.2. The van der Waals surface area contributed by atoms with Gasteiger partial charge in [-0.25, -0.2) is 8.42 Å². The number of benzene rings is 1. The van der Waals surface area contributed by atoms with Crippen molar-refractivity contribution in [2.75, 3.05) is 32.6 Å². The molecule has 0 radical (unpaired) electrons. The first-order chi connectivity index (χ1) is 9.54. The third-order valence-electron chi connectivity index (χ3n) is 3.70. The van der Waals surface area contributed by atoms with E-state index >= 15 is 0 Å². The number of ether oxygens (including phenoxy) is 1. The Bertz CT molecular complexity index is 518. The Hall–Kier alpha value is -0.950. The van der Waals surface area contributed by atoms with E-state index in [1.807, 2.05) is 30.3 Å². The SMILES string of the molecule is COCCCS(=O)(=O)N1C[C@@H](N)[C@H](c2ccccc2)C1. The minimum absolute atomic E-state index is 0.0772. The second-order valence-corrected chi connectivity index (χ2v) is 7.25. The third kappa shape index (κ3) is 3.58. The molecular weight excluding hydrogens is 276 g/mol. The van der Waals surface area contributed by atoms with E-state index in [9.17, 15) is 8.42 Å². The minimum atomic E-state index is -3.23.